The zero-order valence-electron chi connectivity index (χ0n) is 18.4. The van der Waals surface area contributed by atoms with E-state index in [4.69, 9.17) is 15.9 Å². The molecule has 0 bridgehead atoms. The summed E-state index contributed by atoms with van der Waals surface area (Å²) in [6, 6.07) is 16.8. The molecule has 5 nitrogen and oxygen atoms in total. The summed E-state index contributed by atoms with van der Waals surface area (Å²) in [5.74, 6) is 1.37. The Labute approximate surface area is 189 Å². The van der Waals surface area contributed by atoms with Gasteiger partial charge in [-0.15, -0.1) is 0 Å². The van der Waals surface area contributed by atoms with Crippen LogP contribution in [0.3, 0.4) is 0 Å². The highest BCUT2D eigenvalue weighted by Crippen LogP contribution is 2.50. The van der Waals surface area contributed by atoms with Crippen molar-refractivity contribution in [2.45, 2.75) is 32.4 Å². The zero-order valence-corrected chi connectivity index (χ0v) is 18.4. The number of rotatable bonds is 3. The van der Waals surface area contributed by atoms with Gasteiger partial charge in [0.1, 0.15) is 5.70 Å². The van der Waals surface area contributed by atoms with Gasteiger partial charge in [0.15, 0.2) is 11.5 Å². The molecule has 4 rings (SSSR count). The SMILES string of the molecule is CC(C)(C)c1ccc2c(c1)Oc1ccccc1N2c1ccc(C(=N)C=C(N)C(F)(F)F)nc1. The van der Waals surface area contributed by atoms with Gasteiger partial charge in [-0.1, -0.05) is 39.0 Å². The number of hydrogen-bond donors (Lipinski definition) is 2. The van der Waals surface area contributed by atoms with Crippen LogP contribution in [0.4, 0.5) is 30.2 Å². The van der Waals surface area contributed by atoms with E-state index in [9.17, 15) is 13.2 Å². The van der Waals surface area contributed by atoms with Gasteiger partial charge in [0.2, 0.25) is 0 Å². The second-order valence-corrected chi connectivity index (χ2v) is 8.75. The van der Waals surface area contributed by atoms with Crippen LogP contribution in [-0.2, 0) is 5.41 Å². The Bertz CT molecular complexity index is 1240. The molecule has 2 aromatic carbocycles. The summed E-state index contributed by atoms with van der Waals surface area (Å²) in [5, 5.41) is 7.92. The Morgan fingerprint density at radius 3 is 2.33 bits per heavy atom. The normalized spacial score (nSPS) is 13.8. The quantitative estimate of drug-likeness (QED) is 0.338. The molecular weight excluding hydrogens is 429 g/mol. The van der Waals surface area contributed by atoms with Gasteiger partial charge in [0.25, 0.3) is 0 Å². The lowest BCUT2D eigenvalue weighted by molar-refractivity contribution is -0.0925. The average molecular weight is 452 g/mol. The zero-order chi connectivity index (χ0) is 24.0. The molecule has 3 N–H and O–H groups in total. The lowest BCUT2D eigenvalue weighted by atomic mass is 9.86. The Balaban J connectivity index is 1.74. The predicted octanol–water partition coefficient (Wildman–Crippen LogP) is 6.73. The molecule has 3 aromatic rings. The van der Waals surface area contributed by atoms with E-state index in [2.05, 4.69) is 25.8 Å². The van der Waals surface area contributed by atoms with E-state index in [1.165, 1.54) is 12.3 Å². The number of allylic oxidation sites excluding steroid dienone is 2. The first-order valence-corrected chi connectivity index (χ1v) is 10.3. The molecule has 1 aliphatic heterocycles. The van der Waals surface area contributed by atoms with Gasteiger partial charge >= 0.3 is 6.18 Å². The van der Waals surface area contributed by atoms with Gasteiger partial charge in [-0.05, 0) is 53.5 Å². The number of pyridine rings is 1. The van der Waals surface area contributed by atoms with Crippen LogP contribution in [0.25, 0.3) is 0 Å². The van der Waals surface area contributed by atoms with Crippen molar-refractivity contribution in [3.63, 3.8) is 0 Å². The molecule has 0 saturated carbocycles. The van der Waals surface area contributed by atoms with Crippen LogP contribution in [0.5, 0.6) is 11.5 Å². The van der Waals surface area contributed by atoms with Crippen molar-refractivity contribution in [1.29, 1.82) is 5.41 Å². The maximum atomic E-state index is 12.7. The third-order valence-corrected chi connectivity index (χ3v) is 5.30. The number of nitrogens with two attached hydrogens (primary N) is 1. The number of nitrogens with zero attached hydrogens (tertiary/aromatic N) is 2. The van der Waals surface area contributed by atoms with Gasteiger partial charge in [0.05, 0.1) is 34.7 Å². The average Bonchev–Trinajstić information content (AvgIpc) is 2.75. The lowest BCUT2D eigenvalue weighted by Crippen LogP contribution is -2.21. The molecule has 33 heavy (non-hydrogen) atoms. The first-order chi connectivity index (χ1) is 15.4. The highest BCUT2D eigenvalue weighted by atomic mass is 19.4. The maximum absolute atomic E-state index is 12.7. The van der Waals surface area contributed by atoms with Gasteiger partial charge < -0.3 is 15.4 Å². The highest BCUT2D eigenvalue weighted by molar-refractivity contribution is 6.05. The summed E-state index contributed by atoms with van der Waals surface area (Å²) in [5.41, 5.74) is 6.70. The molecule has 0 radical (unpaired) electrons. The fraction of sp³-hybridized carbons (Fsp3) is 0.200. The second-order valence-electron chi connectivity index (χ2n) is 8.75. The van der Waals surface area contributed by atoms with Crippen LogP contribution in [-0.4, -0.2) is 16.9 Å². The second kappa shape index (κ2) is 7.95. The molecule has 0 fully saturated rings. The summed E-state index contributed by atoms with van der Waals surface area (Å²) >= 11 is 0. The molecular formula is C25H23F3N4O. The summed E-state index contributed by atoms with van der Waals surface area (Å²) in [7, 11) is 0. The lowest BCUT2D eigenvalue weighted by Gasteiger charge is -2.33. The van der Waals surface area contributed by atoms with Crippen LogP contribution in [0.15, 0.2) is 72.6 Å². The summed E-state index contributed by atoms with van der Waals surface area (Å²) in [6.07, 6.45) is -2.61. The number of ether oxygens (including phenoxy) is 1. The first kappa shape index (κ1) is 22.4. The van der Waals surface area contributed by atoms with Gasteiger partial charge in [-0.25, -0.2) is 0 Å². The topological polar surface area (TPSA) is 75.2 Å². The monoisotopic (exact) mass is 452 g/mol. The minimum atomic E-state index is -4.70. The molecule has 0 unspecified atom stereocenters. The molecule has 0 spiro atoms. The van der Waals surface area contributed by atoms with E-state index in [0.29, 0.717) is 23.3 Å². The Hall–Kier alpha value is -3.81. The molecule has 8 heteroatoms. The summed E-state index contributed by atoms with van der Waals surface area (Å²) < 4.78 is 44.2. The third kappa shape index (κ3) is 4.41. The van der Waals surface area contributed by atoms with E-state index in [0.717, 1.165) is 16.9 Å². The molecule has 0 atom stereocenters. The van der Waals surface area contributed by atoms with E-state index >= 15 is 0 Å². The molecule has 1 aromatic heterocycles. The smallest absolute Gasteiger partial charge is 0.430 e. The van der Waals surface area contributed by atoms with Crippen molar-refractivity contribution in [2.24, 2.45) is 5.73 Å². The Kier molecular flexibility index (Phi) is 5.40. The number of hydrogen-bond acceptors (Lipinski definition) is 5. The van der Waals surface area contributed by atoms with Gasteiger partial charge in [-0.2, -0.15) is 13.2 Å². The number of aromatic nitrogens is 1. The van der Waals surface area contributed by atoms with Crippen molar-refractivity contribution >= 4 is 22.8 Å². The molecule has 0 aliphatic carbocycles. The van der Waals surface area contributed by atoms with Gasteiger partial charge in [0, 0.05) is 0 Å². The van der Waals surface area contributed by atoms with Crippen molar-refractivity contribution in [2.75, 3.05) is 4.90 Å². The van der Waals surface area contributed by atoms with Crippen LogP contribution in [0.1, 0.15) is 32.0 Å². The van der Waals surface area contributed by atoms with E-state index in [-0.39, 0.29) is 11.1 Å². The first-order valence-electron chi connectivity index (χ1n) is 10.3. The van der Waals surface area contributed by atoms with E-state index in [1.54, 1.807) is 6.07 Å². The highest BCUT2D eigenvalue weighted by Gasteiger charge is 2.32. The standard InChI is InChI=1S/C25H23F3N4O/c1-24(2,3)15-8-11-20-22(12-15)33-21-7-5-4-6-19(21)32(20)16-9-10-18(31-14-16)17(29)13-23(30)25(26,27)28/h4-14,29H,30H2,1-3H3. The fourth-order valence-electron chi connectivity index (χ4n) is 3.49. The van der Waals surface area contributed by atoms with E-state index < -0.39 is 17.6 Å². The molecule has 0 amide bonds. The number of benzene rings is 2. The molecule has 170 valence electrons. The largest absolute Gasteiger partial charge is 0.453 e. The third-order valence-electron chi connectivity index (χ3n) is 5.30. The Morgan fingerprint density at radius 2 is 1.70 bits per heavy atom. The van der Waals surface area contributed by atoms with Crippen molar-refractivity contribution < 1.29 is 17.9 Å². The Morgan fingerprint density at radius 1 is 1.00 bits per heavy atom. The number of alkyl halides is 3. The van der Waals surface area contributed by atoms with Crippen molar-refractivity contribution in [3.8, 4) is 11.5 Å². The van der Waals surface area contributed by atoms with Crippen LogP contribution < -0.4 is 15.4 Å². The number of anilines is 3. The number of para-hydroxylation sites is 2. The number of fused-ring (bicyclic) bond motifs is 2. The van der Waals surface area contributed by atoms with Gasteiger partial charge in [-0.3, -0.25) is 10.4 Å². The van der Waals surface area contributed by atoms with Crippen molar-refractivity contribution in [1.82, 2.24) is 4.98 Å². The molecule has 2 heterocycles. The number of nitrogens with one attached hydrogen (secondary N) is 1. The van der Waals surface area contributed by atoms with Crippen LogP contribution in [0.2, 0.25) is 0 Å². The maximum Gasteiger partial charge on any atom is 0.430 e. The minimum absolute atomic E-state index is 0.0600. The summed E-state index contributed by atoms with van der Waals surface area (Å²) in [6.45, 7) is 6.38. The molecule has 0 saturated heterocycles. The van der Waals surface area contributed by atoms with Crippen LogP contribution in [0, 0.1) is 5.41 Å². The predicted molar refractivity (Wildman–Crippen MR) is 123 cm³/mol. The molecule has 1 aliphatic rings. The summed E-state index contributed by atoms with van der Waals surface area (Å²) in [4.78, 5) is 6.19. The minimum Gasteiger partial charge on any atom is -0.453 e. The van der Waals surface area contributed by atoms with Crippen LogP contribution >= 0.6 is 0 Å². The van der Waals surface area contributed by atoms with Crippen molar-refractivity contribution in [3.05, 3.63) is 83.8 Å². The van der Waals surface area contributed by atoms with E-state index in [1.807, 2.05) is 47.4 Å². The fourth-order valence-corrected chi connectivity index (χ4v) is 3.49. The number of halogens is 3.